The highest BCUT2D eigenvalue weighted by Crippen LogP contribution is 2.54. The Morgan fingerprint density at radius 3 is 1.73 bits per heavy atom. The fraction of sp³-hybridized carbons (Fsp3) is 0.167. The number of rotatable bonds is 4. The molecule has 0 saturated carbocycles. The van der Waals surface area contributed by atoms with Crippen LogP contribution in [0, 0.1) is 0 Å². The smallest absolute Gasteiger partial charge is 0.0929 e. The van der Waals surface area contributed by atoms with E-state index in [1.165, 1.54) is 71.6 Å². The lowest BCUT2D eigenvalue weighted by molar-refractivity contribution is 0.633. The molecule has 0 fully saturated rings. The molecule has 1 heterocycles. The second kappa shape index (κ2) is 9.67. The third-order valence-corrected chi connectivity index (χ3v) is 10.1. The predicted molar refractivity (Wildman–Crippen MR) is 190 cm³/mol. The maximum atomic E-state index is 4.90. The molecule has 0 saturated heterocycles. The Bertz CT molecular complexity index is 2270. The average molecular weight is 582 g/mol. The van der Waals surface area contributed by atoms with Crippen LogP contribution in [-0.4, -0.2) is 16.2 Å². The molecule has 0 N–H and O–H groups in total. The summed E-state index contributed by atoms with van der Waals surface area (Å²) in [5.41, 5.74) is 13.8. The summed E-state index contributed by atoms with van der Waals surface area (Å²) in [4.78, 5) is 14.6. The minimum Gasteiger partial charge on any atom is -0.260 e. The van der Waals surface area contributed by atoms with Crippen molar-refractivity contribution in [3.05, 3.63) is 138 Å². The van der Waals surface area contributed by atoms with Crippen molar-refractivity contribution in [1.82, 2.24) is 9.97 Å². The minimum absolute atomic E-state index is 0.251. The lowest BCUT2D eigenvalue weighted by atomic mass is 9.78. The zero-order valence-corrected chi connectivity index (χ0v) is 26.4. The SMILES string of the molecule is C=C/C=N\C1=C(C)c2cc3c(-c4ccccc4)c4cc5c(cc4c(-c4ccccc4)c3cc2C1(C)C)-c1nccnc1C5(C)C. The van der Waals surface area contributed by atoms with Gasteiger partial charge in [0.2, 0.25) is 0 Å². The van der Waals surface area contributed by atoms with Crippen LogP contribution in [0.4, 0.5) is 0 Å². The molecule has 0 atom stereocenters. The highest BCUT2D eigenvalue weighted by atomic mass is 14.8. The number of allylic oxidation sites excluding steroid dienone is 3. The van der Waals surface area contributed by atoms with Crippen LogP contribution in [0.5, 0.6) is 0 Å². The molecule has 8 rings (SSSR count). The summed E-state index contributed by atoms with van der Waals surface area (Å²) in [5, 5.41) is 4.97. The van der Waals surface area contributed by atoms with E-state index in [1.807, 2.05) is 18.6 Å². The quantitative estimate of drug-likeness (QED) is 0.153. The van der Waals surface area contributed by atoms with Gasteiger partial charge in [-0.2, -0.15) is 0 Å². The molecule has 0 aliphatic heterocycles. The third kappa shape index (κ3) is 3.80. The molecule has 5 aromatic carbocycles. The number of benzene rings is 5. The molecule has 2 aliphatic rings. The molecule has 218 valence electrons. The molecule has 0 unspecified atom stereocenters. The maximum Gasteiger partial charge on any atom is 0.0929 e. The van der Waals surface area contributed by atoms with Gasteiger partial charge in [-0.3, -0.25) is 15.0 Å². The first kappa shape index (κ1) is 27.4. The molecule has 3 nitrogen and oxygen atoms in total. The summed E-state index contributed by atoms with van der Waals surface area (Å²) in [6.45, 7) is 15.2. The van der Waals surface area contributed by atoms with Crippen LogP contribution >= 0.6 is 0 Å². The second-order valence-electron chi connectivity index (χ2n) is 13.4. The zero-order valence-electron chi connectivity index (χ0n) is 26.4. The number of hydrogen-bond acceptors (Lipinski definition) is 3. The molecule has 45 heavy (non-hydrogen) atoms. The van der Waals surface area contributed by atoms with Crippen molar-refractivity contribution < 1.29 is 0 Å². The molecule has 3 heteroatoms. The van der Waals surface area contributed by atoms with Gasteiger partial charge in [0.25, 0.3) is 0 Å². The Morgan fingerprint density at radius 2 is 1.16 bits per heavy atom. The van der Waals surface area contributed by atoms with Gasteiger partial charge in [0.15, 0.2) is 0 Å². The number of hydrogen-bond donors (Lipinski definition) is 0. The Balaban J connectivity index is 1.59. The lowest BCUT2D eigenvalue weighted by Gasteiger charge is -2.25. The zero-order chi connectivity index (χ0) is 31.1. The summed E-state index contributed by atoms with van der Waals surface area (Å²) in [6, 6.07) is 31.4. The number of aliphatic imine (C=N–C) groups is 1. The van der Waals surface area contributed by atoms with E-state index < -0.39 is 0 Å². The molecule has 6 aromatic rings. The van der Waals surface area contributed by atoms with Crippen LogP contribution < -0.4 is 0 Å². The largest absolute Gasteiger partial charge is 0.260 e. The van der Waals surface area contributed by atoms with Crippen molar-refractivity contribution in [3.8, 4) is 33.5 Å². The molecule has 0 bridgehead atoms. The fourth-order valence-corrected chi connectivity index (χ4v) is 7.92. The van der Waals surface area contributed by atoms with Gasteiger partial charge in [0.05, 0.1) is 17.1 Å². The highest BCUT2D eigenvalue weighted by molar-refractivity contribution is 6.23. The molecule has 0 amide bonds. The van der Waals surface area contributed by atoms with E-state index in [1.54, 1.807) is 6.08 Å². The summed E-state index contributed by atoms with van der Waals surface area (Å²) in [7, 11) is 0. The van der Waals surface area contributed by atoms with Crippen LogP contribution in [0.25, 0.3) is 60.6 Å². The van der Waals surface area contributed by atoms with Gasteiger partial charge in [-0.1, -0.05) is 101 Å². The van der Waals surface area contributed by atoms with Crippen LogP contribution in [0.3, 0.4) is 0 Å². The standard InChI is InChI=1S/C42H35N3/c1-7-18-44-39-25(2)28-21-29-31(23-34(28)41(39,3)4)37(27-16-12-9-13-17-27)30-22-33-35(42(5,6)40-38(33)43-19-20-45-40)24-32(30)36(29)26-14-10-8-11-15-26/h7-24H,1H2,2-6H3/b44-18-. The predicted octanol–water partition coefficient (Wildman–Crippen LogP) is 10.7. The molecule has 0 spiro atoms. The third-order valence-electron chi connectivity index (χ3n) is 10.1. The molecule has 2 aliphatic carbocycles. The average Bonchev–Trinajstić information content (AvgIpc) is 3.39. The van der Waals surface area contributed by atoms with E-state index in [4.69, 9.17) is 15.0 Å². The van der Waals surface area contributed by atoms with Crippen LogP contribution in [0.15, 0.2) is 121 Å². The van der Waals surface area contributed by atoms with Crippen molar-refractivity contribution in [1.29, 1.82) is 0 Å². The van der Waals surface area contributed by atoms with Gasteiger partial charge in [0, 0.05) is 35.0 Å². The van der Waals surface area contributed by atoms with Gasteiger partial charge in [0.1, 0.15) is 0 Å². The topological polar surface area (TPSA) is 38.1 Å². The van der Waals surface area contributed by atoms with Crippen LogP contribution in [0.1, 0.15) is 57.0 Å². The summed E-state index contributed by atoms with van der Waals surface area (Å²) in [5.74, 6) is 0. The van der Waals surface area contributed by atoms with Gasteiger partial charge in [-0.25, -0.2) is 0 Å². The molecule has 0 radical (unpaired) electrons. The van der Waals surface area contributed by atoms with Crippen LogP contribution in [-0.2, 0) is 10.8 Å². The Morgan fingerprint density at radius 1 is 0.644 bits per heavy atom. The van der Waals surface area contributed by atoms with Gasteiger partial charge in [-0.05, 0) is 97.3 Å². The number of nitrogens with zero attached hydrogens (tertiary/aromatic N) is 3. The first-order chi connectivity index (χ1) is 21.7. The van der Waals surface area contributed by atoms with Crippen LogP contribution in [0.2, 0.25) is 0 Å². The van der Waals surface area contributed by atoms with E-state index >= 15 is 0 Å². The van der Waals surface area contributed by atoms with Gasteiger partial charge in [-0.15, -0.1) is 0 Å². The van der Waals surface area contributed by atoms with Crippen molar-refractivity contribution in [2.24, 2.45) is 4.99 Å². The first-order valence-corrected chi connectivity index (χ1v) is 15.7. The van der Waals surface area contributed by atoms with E-state index in [0.717, 1.165) is 17.1 Å². The van der Waals surface area contributed by atoms with E-state index in [9.17, 15) is 0 Å². The van der Waals surface area contributed by atoms with Crippen molar-refractivity contribution in [2.45, 2.75) is 45.4 Å². The second-order valence-corrected chi connectivity index (χ2v) is 13.4. The Hall–Kier alpha value is -5.15. The fourth-order valence-electron chi connectivity index (χ4n) is 7.92. The van der Waals surface area contributed by atoms with Gasteiger partial charge >= 0.3 is 0 Å². The normalized spacial score (nSPS) is 15.9. The number of fused-ring (bicyclic) bond motifs is 6. The minimum atomic E-state index is -0.262. The summed E-state index contributed by atoms with van der Waals surface area (Å²) in [6.07, 6.45) is 7.20. The van der Waals surface area contributed by atoms with Crippen molar-refractivity contribution in [2.75, 3.05) is 0 Å². The molecular weight excluding hydrogens is 546 g/mol. The number of aromatic nitrogens is 2. The monoisotopic (exact) mass is 581 g/mol. The Kier molecular flexibility index (Phi) is 5.89. The van der Waals surface area contributed by atoms with Gasteiger partial charge < -0.3 is 0 Å². The van der Waals surface area contributed by atoms with Crippen molar-refractivity contribution >= 4 is 33.3 Å². The van der Waals surface area contributed by atoms with E-state index in [2.05, 4.69) is 126 Å². The first-order valence-electron chi connectivity index (χ1n) is 15.7. The summed E-state index contributed by atoms with van der Waals surface area (Å²) >= 11 is 0. The maximum absolute atomic E-state index is 4.90. The highest BCUT2D eigenvalue weighted by Gasteiger charge is 2.40. The lowest BCUT2D eigenvalue weighted by Crippen LogP contribution is -2.17. The summed E-state index contributed by atoms with van der Waals surface area (Å²) < 4.78 is 0. The molecule has 1 aromatic heterocycles. The Labute approximate surface area is 264 Å². The van der Waals surface area contributed by atoms with E-state index in [-0.39, 0.29) is 10.8 Å². The molecular formula is C42H35N3. The van der Waals surface area contributed by atoms with E-state index in [0.29, 0.717) is 0 Å². The van der Waals surface area contributed by atoms with Crippen molar-refractivity contribution in [3.63, 3.8) is 0 Å².